The van der Waals surface area contributed by atoms with Gasteiger partial charge in [-0.2, -0.15) is 0 Å². The lowest BCUT2D eigenvalue weighted by atomic mass is 10.1. The van der Waals surface area contributed by atoms with Crippen LogP contribution in [0.2, 0.25) is 0 Å². The Balaban J connectivity index is 1.22. The molecular weight excluding hydrogens is 392 g/mol. The summed E-state index contributed by atoms with van der Waals surface area (Å²) in [5.41, 5.74) is 4.27. The van der Waals surface area contributed by atoms with E-state index in [0.717, 1.165) is 17.7 Å². The number of fused-ring (bicyclic) bond motifs is 2. The molecule has 0 aliphatic carbocycles. The van der Waals surface area contributed by atoms with Crippen molar-refractivity contribution in [2.45, 2.75) is 12.8 Å². The van der Waals surface area contributed by atoms with Crippen LogP contribution in [0.5, 0.6) is 11.5 Å². The lowest BCUT2D eigenvalue weighted by Crippen LogP contribution is -2.28. The highest BCUT2D eigenvalue weighted by atomic mass is 16.6. The maximum absolute atomic E-state index is 12.9. The first-order valence-corrected chi connectivity index (χ1v) is 10.4. The number of hydrogen-bond acceptors (Lipinski definition) is 4. The van der Waals surface area contributed by atoms with E-state index in [-0.39, 0.29) is 18.2 Å². The molecular formula is C25H22N2O4. The highest BCUT2D eigenvalue weighted by molar-refractivity contribution is 6.07. The number of ether oxygens (including phenoxy) is 2. The van der Waals surface area contributed by atoms with Crippen molar-refractivity contribution in [2.24, 2.45) is 0 Å². The topological polar surface area (TPSA) is 67.9 Å². The van der Waals surface area contributed by atoms with Crippen molar-refractivity contribution in [3.05, 3.63) is 83.4 Å². The number of amides is 2. The van der Waals surface area contributed by atoms with Crippen LogP contribution in [0.4, 0.5) is 11.4 Å². The molecule has 0 spiro atoms. The summed E-state index contributed by atoms with van der Waals surface area (Å²) >= 11 is 0. The van der Waals surface area contributed by atoms with Crippen LogP contribution in [0.25, 0.3) is 0 Å². The van der Waals surface area contributed by atoms with E-state index in [1.54, 1.807) is 24.3 Å². The zero-order valence-electron chi connectivity index (χ0n) is 17.0. The summed E-state index contributed by atoms with van der Waals surface area (Å²) in [7, 11) is 0. The van der Waals surface area contributed by atoms with Gasteiger partial charge in [0.2, 0.25) is 5.91 Å². The first kappa shape index (κ1) is 19.2. The predicted octanol–water partition coefficient (Wildman–Crippen LogP) is 3.84. The molecule has 6 heteroatoms. The summed E-state index contributed by atoms with van der Waals surface area (Å²) < 4.78 is 11.1. The van der Waals surface area contributed by atoms with Gasteiger partial charge in [-0.3, -0.25) is 9.59 Å². The van der Waals surface area contributed by atoms with E-state index in [0.29, 0.717) is 42.5 Å². The normalized spacial score (nSPS) is 14.1. The standard InChI is InChI=1S/C25H22N2O4/c28-24(16-17-5-10-22-23(15-17)31-14-13-30-22)26-20-8-6-19(7-9-20)25(29)27-12-11-18-3-1-2-4-21(18)27/h1-10,15H,11-14,16H2,(H,26,28). The van der Waals surface area contributed by atoms with E-state index in [9.17, 15) is 9.59 Å². The molecule has 0 atom stereocenters. The zero-order valence-corrected chi connectivity index (χ0v) is 17.0. The molecule has 0 bridgehead atoms. The van der Waals surface area contributed by atoms with Crippen molar-refractivity contribution in [3.63, 3.8) is 0 Å². The average molecular weight is 414 g/mol. The van der Waals surface area contributed by atoms with Gasteiger partial charge in [0.1, 0.15) is 13.2 Å². The molecule has 2 amide bonds. The first-order chi connectivity index (χ1) is 15.2. The monoisotopic (exact) mass is 414 g/mol. The number of carbonyl (C=O) groups is 2. The van der Waals surface area contributed by atoms with Crippen molar-refractivity contribution in [3.8, 4) is 11.5 Å². The minimum Gasteiger partial charge on any atom is -0.486 e. The van der Waals surface area contributed by atoms with Crippen LogP contribution in [0.15, 0.2) is 66.7 Å². The van der Waals surface area contributed by atoms with E-state index in [2.05, 4.69) is 11.4 Å². The summed E-state index contributed by atoms with van der Waals surface area (Å²) in [6, 6.07) is 20.5. The largest absolute Gasteiger partial charge is 0.486 e. The molecule has 31 heavy (non-hydrogen) atoms. The van der Waals surface area contributed by atoms with E-state index < -0.39 is 0 Å². The summed E-state index contributed by atoms with van der Waals surface area (Å²) in [6.45, 7) is 1.73. The van der Waals surface area contributed by atoms with Gasteiger partial charge in [-0.05, 0) is 60.0 Å². The van der Waals surface area contributed by atoms with Crippen molar-refractivity contribution in [1.82, 2.24) is 0 Å². The van der Waals surface area contributed by atoms with Gasteiger partial charge in [0, 0.05) is 23.5 Å². The van der Waals surface area contributed by atoms with E-state index in [1.807, 2.05) is 41.3 Å². The summed E-state index contributed by atoms with van der Waals surface area (Å²) in [5.74, 6) is 1.21. The Morgan fingerprint density at radius 3 is 2.52 bits per heavy atom. The number of rotatable bonds is 4. The number of nitrogens with zero attached hydrogens (tertiary/aromatic N) is 1. The molecule has 6 nitrogen and oxygen atoms in total. The van der Waals surface area contributed by atoms with Crippen molar-refractivity contribution < 1.29 is 19.1 Å². The molecule has 2 heterocycles. The lowest BCUT2D eigenvalue weighted by molar-refractivity contribution is -0.115. The fourth-order valence-electron chi connectivity index (χ4n) is 3.99. The number of benzene rings is 3. The maximum atomic E-state index is 12.9. The van der Waals surface area contributed by atoms with E-state index in [4.69, 9.17) is 9.47 Å². The number of hydrogen-bond donors (Lipinski definition) is 1. The van der Waals surface area contributed by atoms with Gasteiger partial charge in [0.05, 0.1) is 6.42 Å². The van der Waals surface area contributed by atoms with Crippen LogP contribution in [-0.2, 0) is 17.6 Å². The molecule has 0 saturated carbocycles. The lowest BCUT2D eigenvalue weighted by Gasteiger charge is -2.19. The molecule has 2 aliphatic heterocycles. The third-order valence-electron chi connectivity index (χ3n) is 5.52. The molecule has 3 aromatic carbocycles. The smallest absolute Gasteiger partial charge is 0.258 e. The molecule has 2 aliphatic rings. The van der Waals surface area contributed by atoms with E-state index in [1.165, 1.54) is 5.56 Å². The van der Waals surface area contributed by atoms with Crippen molar-refractivity contribution >= 4 is 23.2 Å². The average Bonchev–Trinajstić information content (AvgIpc) is 3.23. The number of nitrogens with one attached hydrogen (secondary N) is 1. The fraction of sp³-hybridized carbons (Fsp3) is 0.200. The second kappa shape index (κ2) is 8.14. The molecule has 0 fully saturated rings. The quantitative estimate of drug-likeness (QED) is 0.704. The van der Waals surface area contributed by atoms with Crippen LogP contribution in [-0.4, -0.2) is 31.6 Å². The molecule has 0 unspecified atom stereocenters. The van der Waals surface area contributed by atoms with Gasteiger partial charge in [0.15, 0.2) is 11.5 Å². The summed E-state index contributed by atoms with van der Waals surface area (Å²) in [4.78, 5) is 27.2. The van der Waals surface area contributed by atoms with Crippen LogP contribution >= 0.6 is 0 Å². The van der Waals surface area contributed by atoms with Crippen LogP contribution in [0.1, 0.15) is 21.5 Å². The number of anilines is 2. The number of para-hydroxylation sites is 1. The zero-order chi connectivity index (χ0) is 21.2. The van der Waals surface area contributed by atoms with Gasteiger partial charge < -0.3 is 19.7 Å². The third kappa shape index (κ3) is 3.97. The highest BCUT2D eigenvalue weighted by Crippen LogP contribution is 2.31. The predicted molar refractivity (Wildman–Crippen MR) is 118 cm³/mol. The van der Waals surface area contributed by atoms with Crippen molar-refractivity contribution in [1.29, 1.82) is 0 Å². The summed E-state index contributed by atoms with van der Waals surface area (Å²) in [5, 5.41) is 2.89. The minimum atomic E-state index is -0.135. The van der Waals surface area contributed by atoms with Gasteiger partial charge in [-0.1, -0.05) is 24.3 Å². The molecule has 156 valence electrons. The Kier molecular flexibility index (Phi) is 5.04. The van der Waals surface area contributed by atoms with Gasteiger partial charge >= 0.3 is 0 Å². The Morgan fingerprint density at radius 2 is 1.68 bits per heavy atom. The SMILES string of the molecule is O=C(Cc1ccc2c(c1)OCCO2)Nc1ccc(C(=O)N2CCc3ccccc32)cc1. The molecule has 0 aromatic heterocycles. The Morgan fingerprint density at radius 1 is 0.903 bits per heavy atom. The second-order valence-corrected chi connectivity index (χ2v) is 7.62. The molecule has 1 N–H and O–H groups in total. The minimum absolute atomic E-state index is 0.0286. The second-order valence-electron chi connectivity index (χ2n) is 7.62. The highest BCUT2D eigenvalue weighted by Gasteiger charge is 2.25. The Bertz CT molecular complexity index is 1140. The molecule has 3 aromatic rings. The van der Waals surface area contributed by atoms with Crippen molar-refractivity contribution in [2.75, 3.05) is 30.0 Å². The molecule has 0 radical (unpaired) electrons. The first-order valence-electron chi connectivity index (χ1n) is 10.4. The van der Waals surface area contributed by atoms with Crippen LogP contribution < -0.4 is 19.7 Å². The van der Waals surface area contributed by atoms with E-state index >= 15 is 0 Å². The maximum Gasteiger partial charge on any atom is 0.258 e. The van der Waals surface area contributed by atoms with Crippen LogP contribution in [0.3, 0.4) is 0 Å². The summed E-state index contributed by atoms with van der Waals surface area (Å²) in [6.07, 6.45) is 1.10. The molecule has 5 rings (SSSR count). The van der Waals surface area contributed by atoms with Gasteiger partial charge in [-0.25, -0.2) is 0 Å². The van der Waals surface area contributed by atoms with Gasteiger partial charge in [-0.15, -0.1) is 0 Å². The third-order valence-corrected chi connectivity index (χ3v) is 5.52. The van der Waals surface area contributed by atoms with Gasteiger partial charge in [0.25, 0.3) is 5.91 Å². The Labute approximate surface area is 180 Å². The van der Waals surface area contributed by atoms with Crippen LogP contribution in [0, 0.1) is 0 Å². The molecule has 0 saturated heterocycles. The Hall–Kier alpha value is -3.80. The fourth-order valence-corrected chi connectivity index (χ4v) is 3.99. The number of carbonyl (C=O) groups excluding carboxylic acids is 2.